The highest BCUT2D eigenvalue weighted by Crippen LogP contribution is 2.24. The van der Waals surface area contributed by atoms with Gasteiger partial charge in [-0.1, -0.05) is 11.6 Å². The average Bonchev–Trinajstić information content (AvgIpc) is 2.77. The van der Waals surface area contributed by atoms with Crippen molar-refractivity contribution in [2.75, 3.05) is 26.7 Å². The molecule has 0 aromatic heterocycles. The largest absolute Gasteiger partial charge is 0.338 e. The highest BCUT2D eigenvalue weighted by atomic mass is 127. The highest BCUT2D eigenvalue weighted by molar-refractivity contribution is 14.1. The molecular weight excluding hydrogens is 363 g/mol. The number of amides is 1. The highest BCUT2D eigenvalue weighted by Gasteiger charge is 2.27. The predicted octanol–water partition coefficient (Wildman–Crippen LogP) is 2.63. The Morgan fingerprint density at radius 3 is 3.06 bits per heavy atom. The third kappa shape index (κ3) is 3.16. The van der Waals surface area contributed by atoms with Gasteiger partial charge in [-0.15, -0.1) is 0 Å². The van der Waals surface area contributed by atoms with Crippen molar-refractivity contribution in [1.29, 1.82) is 0 Å². The standard InChI is InChI=1S/C13H16ClIN2O/c1-16-7-9-4-5-17(8-9)13(18)11-3-2-10(15)6-12(11)14/h2-3,6,9,16H,4-5,7-8H2,1H3. The first-order valence-corrected chi connectivity index (χ1v) is 7.46. The normalized spacial score (nSPS) is 19.3. The van der Waals surface area contributed by atoms with Gasteiger partial charge in [0.2, 0.25) is 0 Å². The van der Waals surface area contributed by atoms with Crippen molar-refractivity contribution in [1.82, 2.24) is 10.2 Å². The van der Waals surface area contributed by atoms with Gasteiger partial charge >= 0.3 is 0 Å². The first-order valence-electron chi connectivity index (χ1n) is 6.00. The number of nitrogens with one attached hydrogen (secondary N) is 1. The summed E-state index contributed by atoms with van der Waals surface area (Å²) in [6, 6.07) is 5.56. The number of carbonyl (C=O) groups is 1. The minimum absolute atomic E-state index is 0.0509. The SMILES string of the molecule is CNCC1CCN(C(=O)c2ccc(I)cc2Cl)C1. The fourth-order valence-electron chi connectivity index (χ4n) is 2.31. The minimum Gasteiger partial charge on any atom is -0.338 e. The van der Waals surface area contributed by atoms with Gasteiger partial charge in [0, 0.05) is 16.7 Å². The van der Waals surface area contributed by atoms with E-state index in [9.17, 15) is 4.79 Å². The molecule has 1 saturated heterocycles. The molecule has 1 atom stereocenters. The maximum Gasteiger partial charge on any atom is 0.255 e. The zero-order valence-corrected chi connectivity index (χ0v) is 13.2. The summed E-state index contributed by atoms with van der Waals surface area (Å²) in [5.41, 5.74) is 0.613. The maximum absolute atomic E-state index is 12.3. The van der Waals surface area contributed by atoms with E-state index in [-0.39, 0.29) is 5.91 Å². The summed E-state index contributed by atoms with van der Waals surface area (Å²) in [4.78, 5) is 14.2. The fourth-order valence-corrected chi connectivity index (χ4v) is 3.24. The van der Waals surface area contributed by atoms with E-state index >= 15 is 0 Å². The molecule has 2 rings (SSSR count). The Morgan fingerprint density at radius 2 is 2.39 bits per heavy atom. The molecule has 3 nitrogen and oxygen atoms in total. The summed E-state index contributed by atoms with van der Waals surface area (Å²) < 4.78 is 1.05. The Labute approximate surface area is 126 Å². The molecular formula is C13H16ClIN2O. The first kappa shape index (κ1) is 14.1. The minimum atomic E-state index is 0.0509. The summed E-state index contributed by atoms with van der Waals surface area (Å²) >= 11 is 8.33. The van der Waals surface area contributed by atoms with Gasteiger partial charge in [0.05, 0.1) is 10.6 Å². The van der Waals surface area contributed by atoms with E-state index in [1.807, 2.05) is 30.1 Å². The van der Waals surface area contributed by atoms with Crippen LogP contribution >= 0.6 is 34.2 Å². The van der Waals surface area contributed by atoms with E-state index in [1.54, 1.807) is 0 Å². The Balaban J connectivity index is 2.08. The zero-order valence-electron chi connectivity index (χ0n) is 10.2. The van der Waals surface area contributed by atoms with Crippen molar-refractivity contribution in [3.8, 4) is 0 Å². The van der Waals surface area contributed by atoms with E-state index in [2.05, 4.69) is 27.9 Å². The molecule has 1 N–H and O–H groups in total. The molecule has 1 aromatic carbocycles. The number of halogens is 2. The second kappa shape index (κ2) is 6.21. The Kier molecular flexibility index (Phi) is 4.86. The van der Waals surface area contributed by atoms with Crippen LogP contribution in [0.4, 0.5) is 0 Å². The molecule has 1 unspecified atom stereocenters. The lowest BCUT2D eigenvalue weighted by Crippen LogP contribution is -2.30. The van der Waals surface area contributed by atoms with Crippen LogP contribution < -0.4 is 5.32 Å². The van der Waals surface area contributed by atoms with Crippen molar-refractivity contribution in [3.05, 3.63) is 32.4 Å². The van der Waals surface area contributed by atoms with Crippen LogP contribution in [0.3, 0.4) is 0 Å². The molecule has 1 amide bonds. The molecule has 0 radical (unpaired) electrons. The second-order valence-electron chi connectivity index (χ2n) is 4.59. The van der Waals surface area contributed by atoms with E-state index in [0.717, 1.165) is 29.6 Å². The van der Waals surface area contributed by atoms with Crippen LogP contribution in [0.15, 0.2) is 18.2 Å². The predicted molar refractivity (Wildman–Crippen MR) is 82.1 cm³/mol. The lowest BCUT2D eigenvalue weighted by Gasteiger charge is -2.17. The number of carbonyl (C=O) groups excluding carboxylic acids is 1. The molecule has 1 aliphatic rings. The Hall–Kier alpha value is -0.330. The third-order valence-electron chi connectivity index (χ3n) is 3.23. The molecule has 98 valence electrons. The van der Waals surface area contributed by atoms with Crippen molar-refractivity contribution in [2.24, 2.45) is 5.92 Å². The first-order chi connectivity index (χ1) is 8.61. The maximum atomic E-state index is 12.3. The summed E-state index contributed by atoms with van der Waals surface area (Å²) in [5, 5.41) is 3.71. The van der Waals surface area contributed by atoms with Gasteiger partial charge in [-0.05, 0) is 66.7 Å². The van der Waals surface area contributed by atoms with Crippen molar-refractivity contribution in [2.45, 2.75) is 6.42 Å². The molecule has 5 heteroatoms. The number of rotatable bonds is 3. The fraction of sp³-hybridized carbons (Fsp3) is 0.462. The van der Waals surface area contributed by atoms with Crippen molar-refractivity contribution < 1.29 is 4.79 Å². The van der Waals surface area contributed by atoms with Crippen LogP contribution in [0, 0.1) is 9.49 Å². The van der Waals surface area contributed by atoms with Crippen molar-refractivity contribution >= 4 is 40.1 Å². The molecule has 0 aliphatic carbocycles. The van der Waals surface area contributed by atoms with E-state index in [1.165, 1.54) is 0 Å². The second-order valence-corrected chi connectivity index (χ2v) is 6.24. The van der Waals surface area contributed by atoms with Gasteiger partial charge in [-0.3, -0.25) is 4.79 Å². The monoisotopic (exact) mass is 378 g/mol. The molecule has 0 bridgehead atoms. The summed E-state index contributed by atoms with van der Waals surface area (Å²) in [6.45, 7) is 2.61. The zero-order chi connectivity index (χ0) is 13.1. The van der Waals surface area contributed by atoms with Gasteiger partial charge in [0.1, 0.15) is 0 Å². The lowest BCUT2D eigenvalue weighted by atomic mass is 10.1. The quantitative estimate of drug-likeness (QED) is 0.820. The Morgan fingerprint density at radius 1 is 1.61 bits per heavy atom. The molecule has 1 aromatic rings. The van der Waals surface area contributed by atoms with Crippen LogP contribution in [0.5, 0.6) is 0 Å². The third-order valence-corrected chi connectivity index (χ3v) is 4.21. The van der Waals surface area contributed by atoms with Gasteiger partial charge in [-0.25, -0.2) is 0 Å². The molecule has 0 saturated carbocycles. The van der Waals surface area contributed by atoms with Crippen LogP contribution in [-0.4, -0.2) is 37.5 Å². The van der Waals surface area contributed by atoms with Crippen LogP contribution in [0.1, 0.15) is 16.8 Å². The number of likely N-dealkylation sites (tertiary alicyclic amines) is 1. The smallest absolute Gasteiger partial charge is 0.255 e. The van der Waals surface area contributed by atoms with Gasteiger partial charge in [-0.2, -0.15) is 0 Å². The van der Waals surface area contributed by atoms with Gasteiger partial charge in [0.15, 0.2) is 0 Å². The molecule has 1 aliphatic heterocycles. The van der Waals surface area contributed by atoms with Gasteiger partial charge < -0.3 is 10.2 Å². The van der Waals surface area contributed by atoms with Crippen LogP contribution in [0.2, 0.25) is 5.02 Å². The number of hydrogen-bond donors (Lipinski definition) is 1. The molecule has 18 heavy (non-hydrogen) atoms. The van der Waals surface area contributed by atoms with Gasteiger partial charge in [0.25, 0.3) is 5.91 Å². The number of nitrogens with zero attached hydrogens (tertiary/aromatic N) is 1. The van der Waals surface area contributed by atoms with Crippen molar-refractivity contribution in [3.63, 3.8) is 0 Å². The lowest BCUT2D eigenvalue weighted by molar-refractivity contribution is 0.0787. The Bertz CT molecular complexity index is 453. The van der Waals surface area contributed by atoms with E-state index in [4.69, 9.17) is 11.6 Å². The molecule has 1 heterocycles. The van der Waals surface area contributed by atoms with Crippen LogP contribution in [-0.2, 0) is 0 Å². The number of hydrogen-bond acceptors (Lipinski definition) is 2. The molecule has 1 fully saturated rings. The summed E-state index contributed by atoms with van der Waals surface area (Å²) in [7, 11) is 1.94. The van der Waals surface area contributed by atoms with E-state index < -0.39 is 0 Å². The van der Waals surface area contributed by atoms with E-state index in [0.29, 0.717) is 16.5 Å². The summed E-state index contributed by atoms with van der Waals surface area (Å²) in [5.74, 6) is 0.608. The van der Waals surface area contributed by atoms with Crippen LogP contribution in [0.25, 0.3) is 0 Å². The number of benzene rings is 1. The average molecular weight is 379 g/mol. The summed E-state index contributed by atoms with van der Waals surface area (Å²) in [6.07, 6.45) is 1.06. The molecule has 0 spiro atoms. The topological polar surface area (TPSA) is 32.3 Å².